The number of hydrogen-bond acceptors (Lipinski definition) is 3. The minimum absolute atomic E-state index is 0.212. The molecule has 1 aliphatic rings. The van der Waals surface area contributed by atoms with Crippen molar-refractivity contribution in [2.24, 2.45) is 11.7 Å². The Labute approximate surface area is 114 Å². The van der Waals surface area contributed by atoms with Gasteiger partial charge in [-0.1, -0.05) is 13.3 Å². The first-order valence-electron chi connectivity index (χ1n) is 6.94. The molecule has 1 fully saturated rings. The highest BCUT2D eigenvalue weighted by Crippen LogP contribution is 2.25. The van der Waals surface area contributed by atoms with Crippen molar-refractivity contribution in [1.82, 2.24) is 4.90 Å². The number of nitrogens with two attached hydrogens (primary N) is 1. The maximum atomic E-state index is 13.3. The van der Waals surface area contributed by atoms with Gasteiger partial charge in [0.05, 0.1) is 7.11 Å². The zero-order valence-corrected chi connectivity index (χ0v) is 11.7. The van der Waals surface area contributed by atoms with Crippen molar-refractivity contribution < 1.29 is 9.13 Å². The Morgan fingerprint density at radius 2 is 2.26 bits per heavy atom. The van der Waals surface area contributed by atoms with Gasteiger partial charge >= 0.3 is 0 Å². The summed E-state index contributed by atoms with van der Waals surface area (Å²) in [6, 6.07) is 4.99. The normalized spacial score (nSPS) is 24.4. The zero-order valence-electron chi connectivity index (χ0n) is 11.7. The fourth-order valence-electron chi connectivity index (χ4n) is 2.81. The molecule has 106 valence electrons. The highest BCUT2D eigenvalue weighted by atomic mass is 19.1. The molecule has 1 aromatic carbocycles. The van der Waals surface area contributed by atoms with E-state index in [1.807, 2.05) is 0 Å². The molecule has 0 bridgehead atoms. The van der Waals surface area contributed by atoms with Crippen LogP contribution in [0.1, 0.15) is 25.3 Å². The lowest BCUT2D eigenvalue weighted by atomic mass is 9.90. The third-order valence-electron chi connectivity index (χ3n) is 4.04. The van der Waals surface area contributed by atoms with Crippen LogP contribution in [0.5, 0.6) is 5.75 Å². The second-order valence-corrected chi connectivity index (χ2v) is 5.31. The van der Waals surface area contributed by atoms with Gasteiger partial charge in [-0.05, 0) is 37.1 Å². The van der Waals surface area contributed by atoms with Crippen molar-refractivity contribution in [3.8, 4) is 5.75 Å². The summed E-state index contributed by atoms with van der Waals surface area (Å²) in [4.78, 5) is 2.34. The van der Waals surface area contributed by atoms with E-state index in [1.165, 1.54) is 6.07 Å². The predicted molar refractivity (Wildman–Crippen MR) is 74.6 cm³/mol. The fourth-order valence-corrected chi connectivity index (χ4v) is 2.81. The van der Waals surface area contributed by atoms with Crippen LogP contribution in [0.2, 0.25) is 0 Å². The monoisotopic (exact) mass is 266 g/mol. The number of likely N-dealkylation sites (tertiary alicyclic amines) is 1. The molecule has 0 saturated carbocycles. The fraction of sp³-hybridized carbons (Fsp3) is 0.600. The lowest BCUT2D eigenvalue weighted by molar-refractivity contribution is 0.144. The molecule has 4 heteroatoms. The average molecular weight is 266 g/mol. The first-order chi connectivity index (χ1) is 9.13. The third kappa shape index (κ3) is 3.45. The van der Waals surface area contributed by atoms with Gasteiger partial charge in [-0.15, -0.1) is 0 Å². The Balaban J connectivity index is 2.06. The lowest BCUT2D eigenvalue weighted by Crippen LogP contribution is -2.46. The highest BCUT2D eigenvalue weighted by Gasteiger charge is 2.25. The maximum Gasteiger partial charge on any atom is 0.123 e. The molecule has 2 unspecified atom stereocenters. The molecular weight excluding hydrogens is 243 g/mol. The van der Waals surface area contributed by atoms with Crippen molar-refractivity contribution in [3.63, 3.8) is 0 Å². The smallest absolute Gasteiger partial charge is 0.123 e. The lowest BCUT2D eigenvalue weighted by Gasteiger charge is -2.36. The Hall–Kier alpha value is -1.13. The maximum absolute atomic E-state index is 13.3. The SMILES string of the molecule is CCC1CN(Cc2cc(F)ccc2OC)CCC1N. The van der Waals surface area contributed by atoms with Gasteiger partial charge in [0.15, 0.2) is 0 Å². The van der Waals surface area contributed by atoms with Crippen molar-refractivity contribution >= 4 is 0 Å². The van der Waals surface area contributed by atoms with E-state index in [4.69, 9.17) is 10.5 Å². The standard InChI is InChI=1S/C15H23FN2O/c1-3-11-9-18(7-6-14(11)17)10-12-8-13(16)4-5-15(12)19-2/h4-5,8,11,14H,3,6-7,9-10,17H2,1-2H3. The molecule has 1 aromatic rings. The number of methoxy groups -OCH3 is 1. The van der Waals surface area contributed by atoms with Crippen LogP contribution in [0.25, 0.3) is 0 Å². The number of hydrogen-bond donors (Lipinski definition) is 1. The van der Waals surface area contributed by atoms with E-state index in [0.29, 0.717) is 12.0 Å². The van der Waals surface area contributed by atoms with Crippen molar-refractivity contribution in [3.05, 3.63) is 29.6 Å². The van der Waals surface area contributed by atoms with E-state index in [9.17, 15) is 4.39 Å². The number of piperidine rings is 1. The number of halogens is 1. The van der Waals surface area contributed by atoms with Gasteiger partial charge in [-0.25, -0.2) is 4.39 Å². The molecule has 0 aliphatic carbocycles. The highest BCUT2D eigenvalue weighted by molar-refractivity contribution is 5.33. The van der Waals surface area contributed by atoms with Gasteiger partial charge in [-0.2, -0.15) is 0 Å². The summed E-state index contributed by atoms with van der Waals surface area (Å²) >= 11 is 0. The molecule has 2 atom stereocenters. The molecule has 1 heterocycles. The first kappa shape index (κ1) is 14.3. The number of ether oxygens (including phenoxy) is 1. The summed E-state index contributed by atoms with van der Waals surface area (Å²) in [6.45, 7) is 4.86. The van der Waals surface area contributed by atoms with Crippen LogP contribution < -0.4 is 10.5 Å². The summed E-state index contributed by atoms with van der Waals surface area (Å²) in [5, 5.41) is 0. The van der Waals surface area contributed by atoms with Crippen LogP contribution in [0.3, 0.4) is 0 Å². The van der Waals surface area contributed by atoms with E-state index in [0.717, 1.165) is 43.8 Å². The molecule has 0 aromatic heterocycles. The molecule has 1 aliphatic heterocycles. The van der Waals surface area contributed by atoms with Crippen molar-refractivity contribution in [2.75, 3.05) is 20.2 Å². The van der Waals surface area contributed by atoms with E-state index >= 15 is 0 Å². The van der Waals surface area contributed by atoms with E-state index in [-0.39, 0.29) is 5.82 Å². The summed E-state index contributed by atoms with van der Waals surface area (Å²) in [5.74, 6) is 1.08. The van der Waals surface area contributed by atoms with Crippen LogP contribution in [0, 0.1) is 11.7 Å². The molecule has 0 spiro atoms. The summed E-state index contributed by atoms with van der Waals surface area (Å²) in [6.07, 6.45) is 2.11. The topological polar surface area (TPSA) is 38.5 Å². The third-order valence-corrected chi connectivity index (χ3v) is 4.04. The van der Waals surface area contributed by atoms with Crippen LogP contribution in [0.15, 0.2) is 18.2 Å². The average Bonchev–Trinajstić information content (AvgIpc) is 2.41. The van der Waals surface area contributed by atoms with Gasteiger partial charge in [0.2, 0.25) is 0 Å². The van der Waals surface area contributed by atoms with Gasteiger partial charge in [0.1, 0.15) is 11.6 Å². The Bertz CT molecular complexity index is 425. The summed E-state index contributed by atoms with van der Waals surface area (Å²) in [7, 11) is 1.62. The Kier molecular flexibility index (Phi) is 4.77. The largest absolute Gasteiger partial charge is 0.496 e. The van der Waals surface area contributed by atoms with E-state index in [2.05, 4.69) is 11.8 Å². The van der Waals surface area contributed by atoms with Crippen LogP contribution >= 0.6 is 0 Å². The van der Waals surface area contributed by atoms with Crippen molar-refractivity contribution in [1.29, 1.82) is 0 Å². The van der Waals surface area contributed by atoms with Crippen LogP contribution in [0.4, 0.5) is 4.39 Å². The van der Waals surface area contributed by atoms with Gasteiger partial charge in [-0.3, -0.25) is 4.90 Å². The second-order valence-electron chi connectivity index (χ2n) is 5.31. The first-order valence-corrected chi connectivity index (χ1v) is 6.94. The Morgan fingerprint density at radius 1 is 1.47 bits per heavy atom. The molecule has 19 heavy (non-hydrogen) atoms. The molecular formula is C15H23FN2O. The molecule has 3 nitrogen and oxygen atoms in total. The Morgan fingerprint density at radius 3 is 2.95 bits per heavy atom. The number of nitrogens with zero attached hydrogens (tertiary/aromatic N) is 1. The minimum atomic E-state index is -0.212. The van der Waals surface area contributed by atoms with Crippen LogP contribution in [-0.2, 0) is 6.54 Å². The number of rotatable bonds is 4. The molecule has 2 rings (SSSR count). The summed E-state index contributed by atoms with van der Waals surface area (Å²) in [5.41, 5.74) is 7.02. The minimum Gasteiger partial charge on any atom is -0.496 e. The van der Waals surface area contributed by atoms with Crippen LogP contribution in [-0.4, -0.2) is 31.1 Å². The quantitative estimate of drug-likeness (QED) is 0.909. The number of benzene rings is 1. The predicted octanol–water partition coefficient (Wildman–Crippen LogP) is 2.39. The van der Waals surface area contributed by atoms with Crippen molar-refractivity contribution in [2.45, 2.75) is 32.4 Å². The van der Waals surface area contributed by atoms with Gasteiger partial charge in [0, 0.05) is 24.7 Å². The summed E-state index contributed by atoms with van der Waals surface area (Å²) < 4.78 is 18.6. The molecule has 0 amide bonds. The van der Waals surface area contributed by atoms with Gasteiger partial charge < -0.3 is 10.5 Å². The molecule has 2 N–H and O–H groups in total. The van der Waals surface area contributed by atoms with Gasteiger partial charge in [0.25, 0.3) is 0 Å². The van der Waals surface area contributed by atoms with E-state index in [1.54, 1.807) is 19.2 Å². The van der Waals surface area contributed by atoms with E-state index < -0.39 is 0 Å². The zero-order chi connectivity index (χ0) is 13.8. The molecule has 0 radical (unpaired) electrons. The molecule has 1 saturated heterocycles. The second kappa shape index (κ2) is 6.35.